The van der Waals surface area contributed by atoms with Gasteiger partial charge in [-0.25, -0.2) is 0 Å². The topological polar surface area (TPSA) is 84.6 Å². The molecule has 2 N–H and O–H groups in total. The first-order valence-electron chi connectivity index (χ1n) is 9.99. The highest BCUT2D eigenvalue weighted by atomic mass is 16.5. The predicted octanol–water partition coefficient (Wildman–Crippen LogP) is 3.47. The molecule has 0 spiro atoms. The largest absolute Gasteiger partial charge is 0.491 e. The molecule has 0 atom stereocenters. The highest BCUT2D eigenvalue weighted by molar-refractivity contribution is 6.61. The minimum Gasteiger partial charge on any atom is -0.423 e. The molecule has 1 amide bonds. The number of anilines is 1. The summed E-state index contributed by atoms with van der Waals surface area (Å²) in [6.45, 7) is 0.329. The van der Waals surface area contributed by atoms with Crippen LogP contribution in [0, 0.1) is 0 Å². The number of amides is 1. The summed E-state index contributed by atoms with van der Waals surface area (Å²) in [5.41, 5.74) is 4.22. The molecule has 1 aliphatic heterocycles. The Morgan fingerprint density at radius 1 is 1.14 bits per heavy atom. The lowest BCUT2D eigenvalue weighted by molar-refractivity contribution is 0.102. The van der Waals surface area contributed by atoms with Crippen molar-refractivity contribution >= 4 is 24.2 Å². The zero-order valence-corrected chi connectivity index (χ0v) is 15.9. The molecule has 0 bridgehead atoms. The van der Waals surface area contributed by atoms with Crippen molar-refractivity contribution in [2.24, 2.45) is 0 Å². The highest BCUT2D eigenvalue weighted by Crippen LogP contribution is 2.39. The van der Waals surface area contributed by atoms with Crippen LogP contribution in [-0.4, -0.2) is 23.2 Å². The van der Waals surface area contributed by atoms with Crippen LogP contribution in [0.1, 0.15) is 53.3 Å². The molecule has 0 unspecified atom stereocenters. The fraction of sp³-hybridized carbons (Fsp3) is 0.273. The number of hydrogen-bond acceptors (Lipinski definition) is 5. The third-order valence-corrected chi connectivity index (χ3v) is 5.78. The van der Waals surface area contributed by atoms with E-state index in [1.165, 1.54) is 0 Å². The second-order valence-corrected chi connectivity index (χ2v) is 7.65. The molecule has 2 heterocycles. The van der Waals surface area contributed by atoms with Crippen LogP contribution in [-0.2, 0) is 11.3 Å². The SMILES string of the molecule is O=C(Nc1ccc2c(c1)COB2O)c1c(-c2ccccc2)noc1C1CCCC1. The molecule has 7 heteroatoms. The van der Waals surface area contributed by atoms with E-state index in [1.54, 1.807) is 12.1 Å². The number of benzene rings is 2. The molecule has 2 aromatic carbocycles. The molecular formula is C22H21BN2O4. The Morgan fingerprint density at radius 2 is 1.93 bits per heavy atom. The highest BCUT2D eigenvalue weighted by Gasteiger charge is 2.32. The molecule has 0 radical (unpaired) electrons. The number of carbonyl (C=O) groups excluding carboxylic acids is 1. The van der Waals surface area contributed by atoms with Crippen molar-refractivity contribution in [3.63, 3.8) is 0 Å². The lowest BCUT2D eigenvalue weighted by Crippen LogP contribution is -2.28. The number of fused-ring (bicyclic) bond motifs is 1. The summed E-state index contributed by atoms with van der Waals surface area (Å²) in [6, 6.07) is 15.0. The van der Waals surface area contributed by atoms with E-state index < -0.39 is 7.12 Å². The van der Waals surface area contributed by atoms with Crippen LogP contribution in [0.15, 0.2) is 53.1 Å². The fourth-order valence-electron chi connectivity index (χ4n) is 4.28. The van der Waals surface area contributed by atoms with Gasteiger partial charge in [-0.15, -0.1) is 0 Å². The minimum atomic E-state index is -0.897. The second-order valence-electron chi connectivity index (χ2n) is 7.65. The third-order valence-electron chi connectivity index (χ3n) is 5.78. The van der Waals surface area contributed by atoms with Gasteiger partial charge in [0, 0.05) is 17.2 Å². The van der Waals surface area contributed by atoms with E-state index in [2.05, 4.69) is 10.5 Å². The van der Waals surface area contributed by atoms with E-state index in [1.807, 2.05) is 36.4 Å². The van der Waals surface area contributed by atoms with Crippen molar-refractivity contribution in [3.05, 3.63) is 65.4 Å². The lowest BCUT2D eigenvalue weighted by atomic mass is 9.79. The molecule has 6 nitrogen and oxygen atoms in total. The molecule has 1 saturated carbocycles. The van der Waals surface area contributed by atoms with Crippen LogP contribution >= 0.6 is 0 Å². The Balaban J connectivity index is 1.50. The maximum Gasteiger partial charge on any atom is 0.491 e. The first-order chi connectivity index (χ1) is 14.2. The van der Waals surface area contributed by atoms with Gasteiger partial charge >= 0.3 is 7.12 Å². The quantitative estimate of drug-likeness (QED) is 0.669. The van der Waals surface area contributed by atoms with Gasteiger partial charge in [-0.2, -0.15) is 0 Å². The van der Waals surface area contributed by atoms with Crippen molar-refractivity contribution in [1.29, 1.82) is 0 Å². The smallest absolute Gasteiger partial charge is 0.423 e. The molecule has 29 heavy (non-hydrogen) atoms. The van der Waals surface area contributed by atoms with Gasteiger partial charge in [0.25, 0.3) is 5.91 Å². The Kier molecular flexibility index (Phi) is 4.69. The van der Waals surface area contributed by atoms with Crippen molar-refractivity contribution in [2.75, 3.05) is 5.32 Å². The van der Waals surface area contributed by atoms with Crippen LogP contribution in [0.5, 0.6) is 0 Å². The van der Waals surface area contributed by atoms with Crippen molar-refractivity contribution in [2.45, 2.75) is 38.2 Å². The van der Waals surface area contributed by atoms with Gasteiger partial charge in [0.05, 0.1) is 6.61 Å². The van der Waals surface area contributed by atoms with E-state index in [0.717, 1.165) is 42.3 Å². The summed E-state index contributed by atoms with van der Waals surface area (Å²) in [7, 11) is -0.897. The second kappa shape index (κ2) is 7.50. The number of aromatic nitrogens is 1. The first kappa shape index (κ1) is 18.2. The van der Waals surface area contributed by atoms with Gasteiger partial charge in [0.2, 0.25) is 0 Å². The van der Waals surface area contributed by atoms with Gasteiger partial charge in [-0.3, -0.25) is 4.79 Å². The standard InChI is InChI=1S/C22H21BN2O4/c26-22(24-17-10-11-18-16(12-17)13-28-23(18)27)19-20(14-6-2-1-3-7-14)25-29-21(19)15-8-4-5-9-15/h1-3,6-7,10-12,15,27H,4-5,8-9,13H2,(H,24,26). The number of rotatable bonds is 4. The Morgan fingerprint density at radius 3 is 2.72 bits per heavy atom. The third kappa shape index (κ3) is 3.37. The maximum atomic E-state index is 13.3. The van der Waals surface area contributed by atoms with Crippen molar-refractivity contribution in [3.8, 4) is 11.3 Å². The number of hydrogen-bond donors (Lipinski definition) is 2. The maximum absolute atomic E-state index is 13.3. The summed E-state index contributed by atoms with van der Waals surface area (Å²) < 4.78 is 11.0. The summed E-state index contributed by atoms with van der Waals surface area (Å²) in [5.74, 6) is 0.675. The number of nitrogens with zero attached hydrogens (tertiary/aromatic N) is 1. The summed E-state index contributed by atoms with van der Waals surface area (Å²) in [4.78, 5) is 13.3. The minimum absolute atomic E-state index is 0.226. The molecular weight excluding hydrogens is 367 g/mol. The summed E-state index contributed by atoms with van der Waals surface area (Å²) in [5, 5.41) is 17.1. The molecule has 3 aromatic rings. The number of nitrogens with one attached hydrogen (secondary N) is 1. The Hall–Kier alpha value is -2.90. The Labute approximate surface area is 169 Å². The molecule has 1 fully saturated rings. The molecule has 1 aromatic heterocycles. The van der Waals surface area contributed by atoms with Gasteiger partial charge in [0.15, 0.2) is 5.76 Å². The normalized spacial score (nSPS) is 16.2. The molecule has 2 aliphatic rings. The van der Waals surface area contributed by atoms with E-state index in [4.69, 9.17) is 9.18 Å². The van der Waals surface area contributed by atoms with Crippen molar-refractivity contribution < 1.29 is 19.0 Å². The predicted molar refractivity (Wildman–Crippen MR) is 110 cm³/mol. The lowest BCUT2D eigenvalue weighted by Gasteiger charge is -2.11. The Bertz CT molecular complexity index is 1040. The fourth-order valence-corrected chi connectivity index (χ4v) is 4.28. The molecule has 1 aliphatic carbocycles. The zero-order valence-electron chi connectivity index (χ0n) is 15.9. The zero-order chi connectivity index (χ0) is 19.8. The average molecular weight is 388 g/mol. The summed E-state index contributed by atoms with van der Waals surface area (Å²) in [6.07, 6.45) is 4.30. The van der Waals surface area contributed by atoms with Crippen LogP contribution < -0.4 is 10.8 Å². The van der Waals surface area contributed by atoms with Crippen LogP contribution in [0.4, 0.5) is 5.69 Å². The number of carbonyl (C=O) groups is 1. The van der Waals surface area contributed by atoms with Crippen molar-refractivity contribution in [1.82, 2.24) is 5.16 Å². The van der Waals surface area contributed by atoms with Crippen LogP contribution in [0.2, 0.25) is 0 Å². The van der Waals surface area contributed by atoms with E-state index in [9.17, 15) is 9.82 Å². The van der Waals surface area contributed by atoms with Gasteiger partial charge in [-0.05, 0) is 36.0 Å². The van der Waals surface area contributed by atoms with Gasteiger partial charge in [-0.1, -0.05) is 54.4 Å². The molecule has 5 rings (SSSR count). The van der Waals surface area contributed by atoms with E-state index in [0.29, 0.717) is 29.3 Å². The van der Waals surface area contributed by atoms with Gasteiger partial charge < -0.3 is 19.5 Å². The van der Waals surface area contributed by atoms with Gasteiger partial charge in [0.1, 0.15) is 11.3 Å². The monoisotopic (exact) mass is 388 g/mol. The van der Waals surface area contributed by atoms with E-state index >= 15 is 0 Å². The van der Waals surface area contributed by atoms with E-state index in [-0.39, 0.29) is 11.8 Å². The first-order valence-corrected chi connectivity index (χ1v) is 9.99. The average Bonchev–Trinajstić information content (AvgIpc) is 3.48. The molecule has 146 valence electrons. The molecule has 0 saturated heterocycles. The summed E-state index contributed by atoms with van der Waals surface area (Å²) >= 11 is 0. The van der Waals surface area contributed by atoms with Crippen LogP contribution in [0.3, 0.4) is 0 Å². The van der Waals surface area contributed by atoms with Crippen LogP contribution in [0.25, 0.3) is 11.3 Å².